The Labute approximate surface area is 140 Å². The molecular formula is C16H28N4O2S. The molecule has 0 saturated heterocycles. The van der Waals surface area contributed by atoms with Crippen LogP contribution < -0.4 is 5.32 Å². The average molecular weight is 340 g/mol. The first-order chi connectivity index (χ1) is 10.9. The zero-order chi connectivity index (χ0) is 17.3. The van der Waals surface area contributed by atoms with Gasteiger partial charge in [-0.15, -0.1) is 0 Å². The summed E-state index contributed by atoms with van der Waals surface area (Å²) in [6.07, 6.45) is 1.98. The molecule has 0 heterocycles. The quantitative estimate of drug-likeness (QED) is 0.441. The van der Waals surface area contributed by atoms with Gasteiger partial charge in [0.1, 0.15) is 0 Å². The van der Waals surface area contributed by atoms with Crippen LogP contribution in [0.5, 0.6) is 0 Å². The molecule has 0 spiro atoms. The number of hydrogen-bond acceptors (Lipinski definition) is 3. The van der Waals surface area contributed by atoms with Crippen LogP contribution in [0.25, 0.3) is 0 Å². The standard InChI is InChI=1S/C16H28N4O2S/c1-5-20(23(4,21)22)13-9-12-18-16(17-2)19(3)14-15-10-7-6-8-11-15/h6-8,10-11H,5,9,12-14H2,1-4H3,(H,17,18). The summed E-state index contributed by atoms with van der Waals surface area (Å²) in [7, 11) is 0.619. The van der Waals surface area contributed by atoms with E-state index in [0.717, 1.165) is 18.9 Å². The molecule has 0 aliphatic heterocycles. The van der Waals surface area contributed by atoms with Gasteiger partial charge in [-0.25, -0.2) is 12.7 Å². The van der Waals surface area contributed by atoms with Crippen LogP contribution in [0.3, 0.4) is 0 Å². The fourth-order valence-corrected chi connectivity index (χ4v) is 3.26. The number of nitrogens with zero attached hydrogens (tertiary/aromatic N) is 3. The second-order valence-electron chi connectivity index (χ2n) is 5.42. The first-order valence-electron chi connectivity index (χ1n) is 7.79. The fraction of sp³-hybridized carbons (Fsp3) is 0.562. The highest BCUT2D eigenvalue weighted by Gasteiger charge is 2.13. The molecule has 7 heteroatoms. The van der Waals surface area contributed by atoms with E-state index < -0.39 is 10.0 Å². The van der Waals surface area contributed by atoms with Crippen LogP contribution in [0.2, 0.25) is 0 Å². The third kappa shape index (κ3) is 7.00. The molecule has 1 aromatic rings. The van der Waals surface area contributed by atoms with Crippen molar-refractivity contribution < 1.29 is 8.42 Å². The van der Waals surface area contributed by atoms with Crippen molar-refractivity contribution >= 4 is 16.0 Å². The van der Waals surface area contributed by atoms with E-state index in [1.165, 1.54) is 16.1 Å². The minimum atomic E-state index is -3.11. The summed E-state index contributed by atoms with van der Waals surface area (Å²) in [5, 5.41) is 3.27. The van der Waals surface area contributed by atoms with Crippen LogP contribution >= 0.6 is 0 Å². The van der Waals surface area contributed by atoms with Gasteiger partial charge in [-0.05, 0) is 12.0 Å². The lowest BCUT2D eigenvalue weighted by molar-refractivity contribution is 0.419. The van der Waals surface area contributed by atoms with Crippen molar-refractivity contribution in [1.82, 2.24) is 14.5 Å². The Morgan fingerprint density at radius 3 is 2.43 bits per heavy atom. The molecule has 0 aromatic heterocycles. The van der Waals surface area contributed by atoms with Gasteiger partial charge in [-0.3, -0.25) is 4.99 Å². The molecule has 1 N–H and O–H groups in total. The zero-order valence-electron chi connectivity index (χ0n) is 14.5. The Morgan fingerprint density at radius 2 is 1.91 bits per heavy atom. The van der Waals surface area contributed by atoms with Crippen molar-refractivity contribution in [2.75, 3.05) is 40.0 Å². The SMILES string of the molecule is CCN(CCCNC(=NC)N(C)Cc1ccccc1)S(C)(=O)=O. The van der Waals surface area contributed by atoms with E-state index in [0.29, 0.717) is 19.6 Å². The molecule has 0 radical (unpaired) electrons. The molecule has 0 atom stereocenters. The zero-order valence-corrected chi connectivity index (χ0v) is 15.3. The molecular weight excluding hydrogens is 312 g/mol. The second-order valence-corrected chi connectivity index (χ2v) is 7.41. The number of rotatable bonds is 8. The number of aliphatic imine (C=N–C) groups is 1. The highest BCUT2D eigenvalue weighted by Crippen LogP contribution is 2.03. The molecule has 6 nitrogen and oxygen atoms in total. The van der Waals surface area contributed by atoms with Crippen molar-refractivity contribution in [2.45, 2.75) is 19.9 Å². The van der Waals surface area contributed by atoms with Gasteiger partial charge in [-0.1, -0.05) is 37.3 Å². The van der Waals surface area contributed by atoms with Crippen LogP contribution in [0.15, 0.2) is 35.3 Å². The summed E-state index contributed by atoms with van der Waals surface area (Å²) < 4.78 is 24.5. The Kier molecular flexibility index (Phi) is 8.05. The normalized spacial score (nSPS) is 12.5. The third-order valence-electron chi connectivity index (χ3n) is 3.53. The van der Waals surface area contributed by atoms with E-state index in [4.69, 9.17) is 0 Å². The Hall–Kier alpha value is -1.60. The molecule has 0 unspecified atom stereocenters. The van der Waals surface area contributed by atoms with Crippen molar-refractivity contribution in [3.63, 3.8) is 0 Å². The van der Waals surface area contributed by atoms with Crippen molar-refractivity contribution in [3.8, 4) is 0 Å². The Balaban J connectivity index is 2.42. The molecule has 1 rings (SSSR count). The summed E-state index contributed by atoms with van der Waals surface area (Å²) in [4.78, 5) is 6.31. The number of guanidine groups is 1. The molecule has 0 fully saturated rings. The first-order valence-corrected chi connectivity index (χ1v) is 9.64. The number of sulfonamides is 1. The third-order valence-corrected chi connectivity index (χ3v) is 4.90. The predicted molar refractivity (Wildman–Crippen MR) is 96.0 cm³/mol. The van der Waals surface area contributed by atoms with Gasteiger partial charge in [0.15, 0.2) is 5.96 Å². The molecule has 23 heavy (non-hydrogen) atoms. The van der Waals surface area contributed by atoms with E-state index in [1.54, 1.807) is 7.05 Å². The maximum absolute atomic E-state index is 11.5. The fourth-order valence-electron chi connectivity index (χ4n) is 2.33. The van der Waals surface area contributed by atoms with E-state index in [-0.39, 0.29) is 0 Å². The second kappa shape index (κ2) is 9.52. The summed E-state index contributed by atoms with van der Waals surface area (Å²) in [6, 6.07) is 10.2. The maximum atomic E-state index is 11.5. The Morgan fingerprint density at radius 1 is 1.26 bits per heavy atom. The average Bonchev–Trinajstić information content (AvgIpc) is 2.50. The summed E-state index contributed by atoms with van der Waals surface area (Å²) in [5.74, 6) is 0.802. The van der Waals surface area contributed by atoms with E-state index in [1.807, 2.05) is 37.1 Å². The van der Waals surface area contributed by atoms with Gasteiger partial charge in [0.05, 0.1) is 6.26 Å². The number of nitrogens with one attached hydrogen (secondary N) is 1. The topological polar surface area (TPSA) is 65.0 Å². The van der Waals surface area contributed by atoms with Crippen LogP contribution in [0.4, 0.5) is 0 Å². The highest BCUT2D eigenvalue weighted by atomic mass is 32.2. The van der Waals surface area contributed by atoms with Gasteiger partial charge in [0, 0.05) is 40.3 Å². The smallest absolute Gasteiger partial charge is 0.211 e. The molecule has 1 aromatic carbocycles. The summed E-state index contributed by atoms with van der Waals surface area (Å²) in [5.41, 5.74) is 1.21. The predicted octanol–water partition coefficient (Wildman–Crippen LogP) is 1.37. The molecule has 0 aliphatic carbocycles. The minimum absolute atomic E-state index is 0.501. The van der Waals surface area contributed by atoms with Crippen molar-refractivity contribution in [3.05, 3.63) is 35.9 Å². The first kappa shape index (κ1) is 19.4. The highest BCUT2D eigenvalue weighted by molar-refractivity contribution is 7.88. The van der Waals surface area contributed by atoms with Gasteiger partial charge in [0.2, 0.25) is 10.0 Å². The van der Waals surface area contributed by atoms with E-state index >= 15 is 0 Å². The van der Waals surface area contributed by atoms with Crippen LogP contribution in [-0.4, -0.2) is 63.6 Å². The van der Waals surface area contributed by atoms with Crippen LogP contribution in [0, 0.1) is 0 Å². The lowest BCUT2D eigenvalue weighted by Gasteiger charge is -2.23. The van der Waals surface area contributed by atoms with Gasteiger partial charge in [-0.2, -0.15) is 0 Å². The van der Waals surface area contributed by atoms with Crippen LogP contribution in [-0.2, 0) is 16.6 Å². The molecule has 0 aliphatic rings. The van der Waals surface area contributed by atoms with Crippen molar-refractivity contribution in [1.29, 1.82) is 0 Å². The molecule has 130 valence electrons. The maximum Gasteiger partial charge on any atom is 0.211 e. The van der Waals surface area contributed by atoms with Gasteiger partial charge >= 0.3 is 0 Å². The largest absolute Gasteiger partial charge is 0.356 e. The van der Waals surface area contributed by atoms with Crippen molar-refractivity contribution in [2.24, 2.45) is 4.99 Å². The van der Waals surface area contributed by atoms with E-state index in [2.05, 4.69) is 22.4 Å². The lowest BCUT2D eigenvalue weighted by atomic mass is 10.2. The number of hydrogen-bond donors (Lipinski definition) is 1. The lowest BCUT2D eigenvalue weighted by Crippen LogP contribution is -2.40. The summed E-state index contributed by atoms with van der Waals surface area (Å²) in [6.45, 7) is 4.31. The van der Waals surface area contributed by atoms with Gasteiger partial charge in [0.25, 0.3) is 0 Å². The molecule has 0 bridgehead atoms. The molecule has 0 amide bonds. The van der Waals surface area contributed by atoms with Crippen LogP contribution in [0.1, 0.15) is 18.9 Å². The Bertz CT molecular complexity index is 587. The summed E-state index contributed by atoms with van der Waals surface area (Å²) >= 11 is 0. The number of benzene rings is 1. The van der Waals surface area contributed by atoms with E-state index in [9.17, 15) is 8.42 Å². The van der Waals surface area contributed by atoms with Gasteiger partial charge < -0.3 is 10.2 Å². The molecule has 0 saturated carbocycles. The minimum Gasteiger partial charge on any atom is -0.356 e. The monoisotopic (exact) mass is 340 g/mol.